The summed E-state index contributed by atoms with van der Waals surface area (Å²) >= 11 is 0. The number of morpholine rings is 1. The monoisotopic (exact) mass is 550 g/mol. The molecule has 0 aromatic carbocycles. The van der Waals surface area contributed by atoms with E-state index in [0.29, 0.717) is 36.0 Å². The SMILES string of the molecule is CC1CCC(Cn2c(N3CCO[C@H]4CCCC[C@H]43)nc3nc(-c4noc(=O)[nH]4)nc(N[C@H](C)C4CCC4)c32)CC1. The summed E-state index contributed by atoms with van der Waals surface area (Å²) in [5.41, 5.74) is 1.59. The van der Waals surface area contributed by atoms with Gasteiger partial charge in [0.15, 0.2) is 11.5 Å². The zero-order valence-corrected chi connectivity index (χ0v) is 23.8. The van der Waals surface area contributed by atoms with Gasteiger partial charge in [-0.05, 0) is 63.2 Å². The molecule has 11 nitrogen and oxygen atoms in total. The van der Waals surface area contributed by atoms with Crippen LogP contribution in [0.2, 0.25) is 0 Å². The zero-order chi connectivity index (χ0) is 27.2. The van der Waals surface area contributed by atoms with Crippen molar-refractivity contribution in [2.24, 2.45) is 17.8 Å². The van der Waals surface area contributed by atoms with Crippen LogP contribution in [0.25, 0.3) is 22.8 Å². The summed E-state index contributed by atoms with van der Waals surface area (Å²) in [6.45, 7) is 7.06. The lowest BCUT2D eigenvalue weighted by Crippen LogP contribution is -2.53. The molecule has 1 aliphatic heterocycles. The number of ether oxygens (including phenoxy) is 1. The molecule has 4 heterocycles. The van der Waals surface area contributed by atoms with Crippen molar-refractivity contribution in [1.82, 2.24) is 29.7 Å². The third kappa shape index (κ3) is 4.90. The summed E-state index contributed by atoms with van der Waals surface area (Å²) in [5, 5.41) is 7.65. The number of hydrogen-bond acceptors (Lipinski definition) is 9. The smallest absolute Gasteiger partial charge is 0.374 e. The van der Waals surface area contributed by atoms with Gasteiger partial charge in [-0.25, -0.2) is 14.8 Å². The van der Waals surface area contributed by atoms with E-state index in [-0.39, 0.29) is 18.0 Å². The Morgan fingerprint density at radius 2 is 1.85 bits per heavy atom. The number of nitrogens with zero attached hydrogens (tertiary/aromatic N) is 6. The quantitative estimate of drug-likeness (QED) is 0.429. The highest BCUT2D eigenvalue weighted by Gasteiger charge is 2.38. The Kier molecular flexibility index (Phi) is 7.01. The first-order valence-corrected chi connectivity index (χ1v) is 15.5. The van der Waals surface area contributed by atoms with Crippen LogP contribution in [0.15, 0.2) is 9.32 Å². The maximum atomic E-state index is 11.8. The van der Waals surface area contributed by atoms with E-state index in [1.807, 2.05) is 0 Å². The molecule has 3 aromatic heterocycles. The Bertz CT molecular complexity index is 1380. The lowest BCUT2D eigenvalue weighted by atomic mass is 9.80. The fraction of sp³-hybridized carbons (Fsp3) is 0.759. The number of hydrogen-bond donors (Lipinski definition) is 2. The van der Waals surface area contributed by atoms with Crippen LogP contribution in [-0.2, 0) is 11.3 Å². The molecule has 7 rings (SSSR count). The van der Waals surface area contributed by atoms with Crippen molar-refractivity contribution in [3.05, 3.63) is 10.6 Å². The van der Waals surface area contributed by atoms with E-state index in [4.69, 9.17) is 24.2 Å². The van der Waals surface area contributed by atoms with Gasteiger partial charge in [-0.1, -0.05) is 44.2 Å². The number of aromatic amines is 1. The maximum Gasteiger partial charge on any atom is 0.439 e. The van der Waals surface area contributed by atoms with Gasteiger partial charge < -0.3 is 19.5 Å². The highest BCUT2D eigenvalue weighted by Crippen LogP contribution is 2.38. The van der Waals surface area contributed by atoms with Gasteiger partial charge in [0.2, 0.25) is 17.6 Å². The van der Waals surface area contributed by atoms with Crippen LogP contribution in [-0.4, -0.2) is 61.0 Å². The van der Waals surface area contributed by atoms with Crippen molar-refractivity contribution in [2.45, 2.75) is 109 Å². The summed E-state index contributed by atoms with van der Waals surface area (Å²) in [6, 6.07) is 0.596. The van der Waals surface area contributed by atoms with Gasteiger partial charge in [0, 0.05) is 19.1 Å². The molecule has 0 radical (unpaired) electrons. The van der Waals surface area contributed by atoms with Gasteiger partial charge in [-0.15, -0.1) is 0 Å². The second kappa shape index (κ2) is 10.8. The number of aromatic nitrogens is 6. The van der Waals surface area contributed by atoms with Gasteiger partial charge in [0.1, 0.15) is 5.52 Å². The number of H-pyrrole nitrogens is 1. The van der Waals surface area contributed by atoms with E-state index in [1.165, 1.54) is 57.8 Å². The molecule has 0 spiro atoms. The van der Waals surface area contributed by atoms with Gasteiger partial charge in [0.05, 0.1) is 18.8 Å². The summed E-state index contributed by atoms with van der Waals surface area (Å²) in [6.07, 6.45) is 13.7. The second-order valence-corrected chi connectivity index (χ2v) is 12.7. The van der Waals surface area contributed by atoms with Gasteiger partial charge >= 0.3 is 5.76 Å². The lowest BCUT2D eigenvalue weighted by molar-refractivity contribution is -0.00958. The Morgan fingerprint density at radius 1 is 1.02 bits per heavy atom. The van der Waals surface area contributed by atoms with Crippen LogP contribution < -0.4 is 16.0 Å². The Hall–Kier alpha value is -2.95. The van der Waals surface area contributed by atoms with E-state index < -0.39 is 5.76 Å². The van der Waals surface area contributed by atoms with Crippen LogP contribution in [0.5, 0.6) is 0 Å². The average molecular weight is 551 g/mol. The number of anilines is 2. The van der Waals surface area contributed by atoms with Gasteiger partial charge in [0.25, 0.3) is 0 Å². The van der Waals surface area contributed by atoms with Crippen molar-refractivity contribution >= 4 is 22.9 Å². The summed E-state index contributed by atoms with van der Waals surface area (Å²) < 4.78 is 13.5. The standard InChI is InChI=1S/C29H42N8O3/c1-17-10-12-19(13-11-17)16-37-23-24(30-18(2)20-6-5-7-20)31-26(27-34-29(38)40-35-27)32-25(23)33-28(37)36-14-15-39-22-9-4-3-8-21(22)36/h17-22H,3-16H2,1-2H3,(H,30,31,32)(H,34,35,38)/t17?,18-,19?,21-,22+/m1/s1. The minimum absolute atomic E-state index is 0.224. The van der Waals surface area contributed by atoms with Crippen LogP contribution in [0, 0.1) is 17.8 Å². The van der Waals surface area contributed by atoms with Gasteiger partial charge in [-0.2, -0.15) is 4.98 Å². The predicted molar refractivity (Wildman–Crippen MR) is 152 cm³/mol. The fourth-order valence-electron chi connectivity index (χ4n) is 7.34. The summed E-state index contributed by atoms with van der Waals surface area (Å²) in [7, 11) is 0. The molecule has 3 aliphatic carbocycles. The Labute approximate surface area is 234 Å². The molecule has 0 bridgehead atoms. The minimum atomic E-state index is -0.620. The first-order valence-electron chi connectivity index (χ1n) is 15.5. The molecular formula is C29H42N8O3. The lowest BCUT2D eigenvalue weighted by Gasteiger charge is -2.44. The van der Waals surface area contributed by atoms with Gasteiger partial charge in [-0.3, -0.25) is 9.51 Å². The van der Waals surface area contributed by atoms with Crippen LogP contribution >= 0.6 is 0 Å². The Morgan fingerprint density at radius 3 is 2.60 bits per heavy atom. The number of rotatable bonds is 7. The zero-order valence-electron chi connectivity index (χ0n) is 23.8. The molecule has 11 heteroatoms. The third-order valence-corrected chi connectivity index (χ3v) is 10.0. The minimum Gasteiger partial charge on any atom is -0.374 e. The molecule has 40 heavy (non-hydrogen) atoms. The fourth-order valence-corrected chi connectivity index (χ4v) is 7.34. The molecule has 3 aromatic rings. The number of fused-ring (bicyclic) bond motifs is 2. The van der Waals surface area contributed by atoms with E-state index in [1.54, 1.807) is 0 Å². The normalized spacial score (nSPS) is 28.3. The van der Waals surface area contributed by atoms with E-state index in [9.17, 15) is 4.79 Å². The molecule has 4 fully saturated rings. The average Bonchev–Trinajstić information content (AvgIpc) is 3.52. The predicted octanol–water partition coefficient (Wildman–Crippen LogP) is 4.74. The largest absolute Gasteiger partial charge is 0.439 e. The van der Waals surface area contributed by atoms with E-state index >= 15 is 0 Å². The maximum absolute atomic E-state index is 11.8. The molecular weight excluding hydrogens is 508 g/mol. The van der Waals surface area contributed by atoms with Crippen molar-refractivity contribution in [3.63, 3.8) is 0 Å². The number of imidazole rings is 1. The molecule has 4 aliphatic rings. The van der Waals surface area contributed by atoms with E-state index in [2.05, 4.69) is 38.8 Å². The van der Waals surface area contributed by atoms with Crippen molar-refractivity contribution in [2.75, 3.05) is 23.4 Å². The second-order valence-electron chi connectivity index (χ2n) is 12.7. The summed E-state index contributed by atoms with van der Waals surface area (Å²) in [4.78, 5) is 31.9. The highest BCUT2D eigenvalue weighted by molar-refractivity contribution is 5.87. The molecule has 2 N–H and O–H groups in total. The van der Waals surface area contributed by atoms with Crippen LogP contribution in [0.3, 0.4) is 0 Å². The van der Waals surface area contributed by atoms with Crippen LogP contribution in [0.1, 0.15) is 84.5 Å². The number of nitrogens with one attached hydrogen (secondary N) is 2. The van der Waals surface area contributed by atoms with Crippen molar-refractivity contribution in [3.8, 4) is 11.6 Å². The molecule has 0 amide bonds. The highest BCUT2D eigenvalue weighted by atomic mass is 16.5. The topological polar surface area (TPSA) is 127 Å². The molecule has 1 saturated heterocycles. The summed E-state index contributed by atoms with van der Waals surface area (Å²) in [5.74, 6) is 3.69. The van der Waals surface area contributed by atoms with Crippen molar-refractivity contribution in [1.29, 1.82) is 0 Å². The Balaban J connectivity index is 1.36. The molecule has 3 saturated carbocycles. The van der Waals surface area contributed by atoms with Crippen LogP contribution in [0.4, 0.5) is 11.8 Å². The van der Waals surface area contributed by atoms with E-state index in [0.717, 1.165) is 49.1 Å². The molecule has 3 atom stereocenters. The third-order valence-electron chi connectivity index (χ3n) is 10.0. The van der Waals surface area contributed by atoms with Crippen molar-refractivity contribution < 1.29 is 9.26 Å². The molecule has 0 unspecified atom stereocenters. The molecule has 216 valence electrons. The first kappa shape index (κ1) is 26.0. The first-order chi connectivity index (χ1) is 19.5.